The molecule has 0 aromatic heterocycles. The Labute approximate surface area is 85.0 Å². The lowest BCUT2D eigenvalue weighted by molar-refractivity contribution is 0.685. The van der Waals surface area contributed by atoms with Crippen LogP contribution in [0.2, 0.25) is 0 Å². The van der Waals surface area contributed by atoms with Gasteiger partial charge in [0.05, 0.1) is 0 Å². The van der Waals surface area contributed by atoms with Gasteiger partial charge in [0, 0.05) is 5.92 Å². The second kappa shape index (κ2) is 3.13. The molecule has 70 valence electrons. The van der Waals surface area contributed by atoms with E-state index in [1.807, 2.05) is 0 Å². The van der Waals surface area contributed by atoms with Gasteiger partial charge in [-0.3, -0.25) is 0 Å². The van der Waals surface area contributed by atoms with E-state index in [1.54, 1.807) is 0 Å². The van der Waals surface area contributed by atoms with Gasteiger partial charge in [0.2, 0.25) is 0 Å². The standard InChI is InChI=1S/C14H14/c1-2-9-13-11(5-1)6-3-7-12-8-4-10-14(12)13/h1-2,4-5,8-10,12H,3,6-7H2. The van der Waals surface area contributed by atoms with E-state index in [-0.39, 0.29) is 0 Å². The topological polar surface area (TPSA) is 0 Å². The lowest BCUT2D eigenvalue weighted by Crippen LogP contribution is -1.94. The van der Waals surface area contributed by atoms with Gasteiger partial charge in [-0.25, -0.2) is 0 Å². The fourth-order valence-corrected chi connectivity index (χ4v) is 2.59. The Hall–Kier alpha value is -1.30. The van der Waals surface area contributed by atoms with Crippen molar-refractivity contribution in [3.63, 3.8) is 0 Å². The molecular weight excluding hydrogens is 168 g/mol. The van der Waals surface area contributed by atoms with Crippen LogP contribution in [0.15, 0.2) is 42.5 Å². The number of benzene rings is 1. The quantitative estimate of drug-likeness (QED) is 0.575. The van der Waals surface area contributed by atoms with Crippen LogP contribution in [-0.2, 0) is 6.42 Å². The van der Waals surface area contributed by atoms with Crippen molar-refractivity contribution in [2.75, 3.05) is 0 Å². The van der Waals surface area contributed by atoms with Crippen molar-refractivity contribution in [1.82, 2.24) is 0 Å². The maximum Gasteiger partial charge on any atom is 0.00272 e. The predicted molar refractivity (Wildman–Crippen MR) is 60.0 cm³/mol. The van der Waals surface area contributed by atoms with E-state index < -0.39 is 0 Å². The van der Waals surface area contributed by atoms with E-state index in [1.165, 1.54) is 36.0 Å². The maximum absolute atomic E-state index is 2.34. The van der Waals surface area contributed by atoms with Gasteiger partial charge >= 0.3 is 0 Å². The van der Waals surface area contributed by atoms with E-state index >= 15 is 0 Å². The lowest BCUT2D eigenvalue weighted by atomic mass is 9.93. The summed E-state index contributed by atoms with van der Waals surface area (Å²) in [5.41, 5.74) is 4.56. The minimum Gasteiger partial charge on any atom is -0.0770 e. The fourth-order valence-electron chi connectivity index (χ4n) is 2.59. The molecule has 0 heteroatoms. The molecule has 0 amide bonds. The van der Waals surface area contributed by atoms with Gasteiger partial charge in [0.1, 0.15) is 0 Å². The summed E-state index contributed by atoms with van der Waals surface area (Å²) in [6.07, 6.45) is 10.7. The smallest absolute Gasteiger partial charge is 0.00272 e. The van der Waals surface area contributed by atoms with Gasteiger partial charge in [-0.2, -0.15) is 0 Å². The Morgan fingerprint density at radius 1 is 1.14 bits per heavy atom. The van der Waals surface area contributed by atoms with Crippen LogP contribution in [0, 0.1) is 5.92 Å². The number of hydrogen-bond acceptors (Lipinski definition) is 0. The number of aryl methyl sites for hydroxylation is 1. The molecule has 0 saturated heterocycles. The molecule has 1 unspecified atom stereocenters. The van der Waals surface area contributed by atoms with Crippen LogP contribution in [0.25, 0.3) is 5.57 Å². The van der Waals surface area contributed by atoms with Gasteiger partial charge in [-0.05, 0) is 36.0 Å². The molecule has 0 nitrogen and oxygen atoms in total. The molecule has 0 fully saturated rings. The Morgan fingerprint density at radius 3 is 3.07 bits per heavy atom. The van der Waals surface area contributed by atoms with E-state index in [4.69, 9.17) is 0 Å². The predicted octanol–water partition coefficient (Wildman–Crippen LogP) is 3.59. The fraction of sp³-hybridized carbons (Fsp3) is 0.286. The van der Waals surface area contributed by atoms with Crippen molar-refractivity contribution in [3.05, 3.63) is 53.6 Å². The van der Waals surface area contributed by atoms with E-state index in [0.717, 1.165) is 0 Å². The molecule has 14 heavy (non-hydrogen) atoms. The molecule has 2 aliphatic carbocycles. The summed E-state index contributed by atoms with van der Waals surface area (Å²) in [7, 11) is 0. The monoisotopic (exact) mass is 182 g/mol. The molecule has 0 radical (unpaired) electrons. The van der Waals surface area contributed by atoms with Crippen LogP contribution in [0.3, 0.4) is 0 Å². The number of fused-ring (bicyclic) bond motifs is 3. The first-order chi connectivity index (χ1) is 6.95. The highest BCUT2D eigenvalue weighted by atomic mass is 14.3. The zero-order valence-corrected chi connectivity index (χ0v) is 8.24. The highest BCUT2D eigenvalue weighted by Gasteiger charge is 2.21. The van der Waals surface area contributed by atoms with Gasteiger partial charge in [-0.1, -0.05) is 42.5 Å². The van der Waals surface area contributed by atoms with Crippen LogP contribution in [0.5, 0.6) is 0 Å². The second-order valence-corrected chi connectivity index (χ2v) is 4.16. The molecule has 0 spiro atoms. The molecule has 0 bridgehead atoms. The Morgan fingerprint density at radius 2 is 2.07 bits per heavy atom. The molecule has 0 N–H and O–H groups in total. The molecule has 1 aromatic rings. The molecule has 0 aliphatic heterocycles. The van der Waals surface area contributed by atoms with Crippen LogP contribution in [-0.4, -0.2) is 0 Å². The van der Waals surface area contributed by atoms with Crippen molar-refractivity contribution in [3.8, 4) is 0 Å². The number of hydrogen-bond donors (Lipinski definition) is 0. The van der Waals surface area contributed by atoms with E-state index in [2.05, 4.69) is 42.5 Å². The zero-order chi connectivity index (χ0) is 9.38. The Kier molecular flexibility index (Phi) is 1.80. The number of rotatable bonds is 0. The van der Waals surface area contributed by atoms with Crippen LogP contribution >= 0.6 is 0 Å². The SMILES string of the molecule is C1=CC2CCCc3ccccc3C2=C1. The van der Waals surface area contributed by atoms with Crippen molar-refractivity contribution in [1.29, 1.82) is 0 Å². The third-order valence-corrected chi connectivity index (χ3v) is 3.31. The summed E-state index contributed by atoms with van der Waals surface area (Å²) < 4.78 is 0. The number of allylic oxidation sites excluding steroid dienone is 4. The van der Waals surface area contributed by atoms with Gasteiger partial charge < -0.3 is 0 Å². The van der Waals surface area contributed by atoms with E-state index in [9.17, 15) is 0 Å². The van der Waals surface area contributed by atoms with Crippen molar-refractivity contribution in [2.24, 2.45) is 5.92 Å². The molecule has 1 atom stereocenters. The van der Waals surface area contributed by atoms with Crippen molar-refractivity contribution in [2.45, 2.75) is 19.3 Å². The molecular formula is C14H14. The molecule has 2 aliphatic rings. The van der Waals surface area contributed by atoms with Crippen LogP contribution in [0.1, 0.15) is 24.0 Å². The third kappa shape index (κ3) is 1.14. The highest BCUT2D eigenvalue weighted by Crippen LogP contribution is 2.37. The first-order valence-electron chi connectivity index (χ1n) is 5.42. The second-order valence-electron chi connectivity index (χ2n) is 4.16. The maximum atomic E-state index is 2.34. The van der Waals surface area contributed by atoms with Gasteiger partial charge in [-0.15, -0.1) is 0 Å². The average molecular weight is 182 g/mol. The minimum absolute atomic E-state index is 0.693. The summed E-state index contributed by atoms with van der Waals surface area (Å²) in [6, 6.07) is 8.85. The normalized spacial score (nSPS) is 23.7. The first kappa shape index (κ1) is 8.05. The summed E-state index contributed by atoms with van der Waals surface area (Å²) in [5.74, 6) is 0.693. The van der Waals surface area contributed by atoms with Gasteiger partial charge in [0.15, 0.2) is 0 Å². The minimum atomic E-state index is 0.693. The molecule has 0 saturated carbocycles. The van der Waals surface area contributed by atoms with Crippen molar-refractivity contribution >= 4 is 5.57 Å². The largest absolute Gasteiger partial charge is 0.0770 e. The first-order valence-corrected chi connectivity index (χ1v) is 5.42. The Bertz CT molecular complexity index is 410. The lowest BCUT2D eigenvalue weighted by Gasteiger charge is -2.11. The molecule has 1 aromatic carbocycles. The zero-order valence-electron chi connectivity index (χ0n) is 8.24. The summed E-state index contributed by atoms with van der Waals surface area (Å²) in [6.45, 7) is 0. The summed E-state index contributed by atoms with van der Waals surface area (Å²) in [4.78, 5) is 0. The average Bonchev–Trinajstić information content (AvgIpc) is 2.61. The van der Waals surface area contributed by atoms with Crippen LogP contribution < -0.4 is 0 Å². The highest BCUT2D eigenvalue weighted by molar-refractivity contribution is 5.75. The summed E-state index contributed by atoms with van der Waals surface area (Å²) >= 11 is 0. The van der Waals surface area contributed by atoms with Gasteiger partial charge in [0.25, 0.3) is 0 Å². The van der Waals surface area contributed by atoms with Crippen molar-refractivity contribution < 1.29 is 0 Å². The van der Waals surface area contributed by atoms with E-state index in [0.29, 0.717) is 5.92 Å². The Balaban J connectivity index is 2.15. The molecule has 0 heterocycles. The van der Waals surface area contributed by atoms with Crippen LogP contribution in [0.4, 0.5) is 0 Å². The summed E-state index contributed by atoms with van der Waals surface area (Å²) in [5, 5.41) is 0. The third-order valence-electron chi connectivity index (χ3n) is 3.31. The molecule has 3 rings (SSSR count).